The third kappa shape index (κ3) is 7.69. The van der Waals surface area contributed by atoms with Gasteiger partial charge in [0.1, 0.15) is 25.0 Å². The summed E-state index contributed by atoms with van der Waals surface area (Å²) in [6.45, 7) is -0.378. The highest BCUT2D eigenvalue weighted by atomic mass is 35.5. The van der Waals surface area contributed by atoms with Crippen LogP contribution in [0.15, 0.2) is 84.9 Å². The molecule has 0 bridgehead atoms. The van der Waals surface area contributed by atoms with Crippen LogP contribution in [0.1, 0.15) is 34.1 Å². The first kappa shape index (κ1) is 28.8. The lowest BCUT2D eigenvalue weighted by Gasteiger charge is -2.26. The molecule has 0 saturated heterocycles. The highest BCUT2D eigenvalue weighted by Crippen LogP contribution is 2.24. The second kappa shape index (κ2) is 13.7. The SMILES string of the molecule is CON(C)C(=O)[C@@H](CC(NC(=O)c1cc2cc(Cl)ccc2[nH]1)c1ccccc1)OCC(=O)OCc1ccccc1. The Labute approximate surface area is 236 Å². The number of hydrogen-bond acceptors (Lipinski definition) is 6. The van der Waals surface area contributed by atoms with Crippen molar-refractivity contribution >= 4 is 40.3 Å². The molecule has 3 aromatic carbocycles. The van der Waals surface area contributed by atoms with Crippen LogP contribution in [-0.4, -0.2) is 54.7 Å². The molecule has 0 aliphatic carbocycles. The summed E-state index contributed by atoms with van der Waals surface area (Å²) in [6, 6.07) is 24.8. The molecular formula is C30H30ClN3O6. The number of nitrogens with zero attached hydrogens (tertiary/aromatic N) is 1. The van der Waals surface area contributed by atoms with E-state index in [-0.39, 0.29) is 18.9 Å². The standard InChI is InChI=1S/C30H30ClN3O6/c1-34(38-2)30(37)27(39-19-28(35)40-18-20-9-5-3-6-10-20)17-25(21-11-7-4-8-12-21)33-29(36)26-16-22-15-23(31)13-14-24(22)32-26/h3-16,25,27,32H,17-19H2,1-2H3,(H,33,36)/t25?,27-/m1/s1. The molecule has 4 rings (SSSR count). The van der Waals surface area contributed by atoms with Crippen molar-refractivity contribution in [3.63, 3.8) is 0 Å². The number of hydrogen-bond donors (Lipinski definition) is 2. The summed E-state index contributed by atoms with van der Waals surface area (Å²) < 4.78 is 11.0. The minimum absolute atomic E-state index is 0.0281. The van der Waals surface area contributed by atoms with Crippen molar-refractivity contribution in [2.45, 2.75) is 25.2 Å². The van der Waals surface area contributed by atoms with Gasteiger partial charge in [-0.2, -0.15) is 0 Å². The molecule has 10 heteroatoms. The number of rotatable bonds is 12. The molecule has 1 unspecified atom stereocenters. The Bertz CT molecular complexity index is 1440. The average molecular weight is 564 g/mol. The predicted molar refractivity (Wildman–Crippen MR) is 150 cm³/mol. The number of H-pyrrole nitrogens is 1. The average Bonchev–Trinajstić information content (AvgIpc) is 3.41. The summed E-state index contributed by atoms with van der Waals surface area (Å²) in [5.74, 6) is -1.53. The number of aromatic nitrogens is 1. The summed E-state index contributed by atoms with van der Waals surface area (Å²) in [4.78, 5) is 47.0. The van der Waals surface area contributed by atoms with Crippen molar-refractivity contribution in [1.82, 2.24) is 15.4 Å². The molecule has 0 aliphatic heterocycles. The highest BCUT2D eigenvalue weighted by molar-refractivity contribution is 6.31. The molecule has 2 N–H and O–H groups in total. The van der Waals surface area contributed by atoms with Crippen LogP contribution in [-0.2, 0) is 30.5 Å². The van der Waals surface area contributed by atoms with E-state index < -0.39 is 30.6 Å². The van der Waals surface area contributed by atoms with E-state index in [1.54, 1.807) is 24.3 Å². The fourth-order valence-corrected chi connectivity index (χ4v) is 4.30. The number of ether oxygens (including phenoxy) is 2. The van der Waals surface area contributed by atoms with E-state index in [1.165, 1.54) is 14.2 Å². The van der Waals surface area contributed by atoms with Gasteiger partial charge in [0.2, 0.25) is 0 Å². The first-order valence-electron chi connectivity index (χ1n) is 12.6. The quantitative estimate of drug-likeness (QED) is 0.189. The van der Waals surface area contributed by atoms with Gasteiger partial charge in [-0.05, 0) is 35.4 Å². The Morgan fingerprint density at radius 3 is 2.38 bits per heavy atom. The molecule has 2 amide bonds. The molecule has 2 atom stereocenters. The summed E-state index contributed by atoms with van der Waals surface area (Å²) in [6.07, 6.45) is -1.10. The summed E-state index contributed by atoms with van der Waals surface area (Å²) in [7, 11) is 2.79. The first-order chi connectivity index (χ1) is 19.3. The van der Waals surface area contributed by atoms with Crippen molar-refractivity contribution in [3.05, 3.63) is 107 Å². The van der Waals surface area contributed by atoms with E-state index in [0.717, 1.165) is 27.1 Å². The van der Waals surface area contributed by atoms with E-state index in [2.05, 4.69) is 10.3 Å². The molecule has 0 aliphatic rings. The van der Waals surface area contributed by atoms with Crippen LogP contribution in [0, 0.1) is 0 Å². The molecule has 0 saturated carbocycles. The molecule has 1 aromatic heterocycles. The van der Waals surface area contributed by atoms with E-state index in [0.29, 0.717) is 10.7 Å². The third-order valence-corrected chi connectivity index (χ3v) is 6.52. The van der Waals surface area contributed by atoms with Gasteiger partial charge in [0.05, 0.1) is 13.2 Å². The molecule has 0 radical (unpaired) electrons. The largest absolute Gasteiger partial charge is 0.459 e. The summed E-state index contributed by atoms with van der Waals surface area (Å²) in [5, 5.41) is 5.36. The number of hydroxylamine groups is 2. The first-order valence-corrected chi connectivity index (χ1v) is 13.0. The van der Waals surface area contributed by atoms with Gasteiger partial charge in [-0.15, -0.1) is 0 Å². The van der Waals surface area contributed by atoms with Crippen LogP contribution in [0.25, 0.3) is 10.9 Å². The van der Waals surface area contributed by atoms with Crippen LogP contribution in [0.2, 0.25) is 5.02 Å². The molecule has 208 valence electrons. The molecule has 4 aromatic rings. The number of nitrogens with one attached hydrogen (secondary N) is 2. The number of amides is 2. The van der Waals surface area contributed by atoms with E-state index in [9.17, 15) is 14.4 Å². The zero-order chi connectivity index (χ0) is 28.5. The van der Waals surface area contributed by atoms with Gasteiger partial charge in [-0.1, -0.05) is 72.3 Å². The number of likely N-dealkylation sites (N-methyl/N-ethyl adjacent to an activating group) is 1. The Morgan fingerprint density at radius 2 is 1.68 bits per heavy atom. The zero-order valence-corrected chi connectivity index (χ0v) is 22.9. The molecule has 40 heavy (non-hydrogen) atoms. The number of aromatic amines is 1. The normalized spacial score (nSPS) is 12.5. The minimum Gasteiger partial charge on any atom is -0.459 e. The second-order valence-corrected chi connectivity index (χ2v) is 9.49. The van der Waals surface area contributed by atoms with Crippen molar-refractivity contribution in [2.75, 3.05) is 20.8 Å². The lowest BCUT2D eigenvalue weighted by atomic mass is 9.99. The van der Waals surface area contributed by atoms with Crippen LogP contribution in [0.5, 0.6) is 0 Å². The maximum atomic E-state index is 13.3. The van der Waals surface area contributed by atoms with Crippen LogP contribution >= 0.6 is 11.6 Å². The van der Waals surface area contributed by atoms with Crippen molar-refractivity contribution in [3.8, 4) is 0 Å². The van der Waals surface area contributed by atoms with Crippen molar-refractivity contribution in [1.29, 1.82) is 0 Å². The number of benzene rings is 3. The lowest BCUT2D eigenvalue weighted by molar-refractivity contribution is -0.183. The Morgan fingerprint density at radius 1 is 0.975 bits per heavy atom. The van der Waals surface area contributed by atoms with Crippen LogP contribution < -0.4 is 5.32 Å². The number of fused-ring (bicyclic) bond motifs is 1. The predicted octanol–water partition coefficient (Wildman–Crippen LogP) is 4.83. The van der Waals surface area contributed by atoms with E-state index in [1.807, 2.05) is 60.7 Å². The maximum Gasteiger partial charge on any atom is 0.332 e. The molecule has 0 fully saturated rings. The van der Waals surface area contributed by atoms with Gasteiger partial charge in [-0.25, -0.2) is 9.86 Å². The van der Waals surface area contributed by atoms with Gasteiger partial charge < -0.3 is 19.8 Å². The summed E-state index contributed by atoms with van der Waals surface area (Å²) in [5.41, 5.74) is 2.68. The van der Waals surface area contributed by atoms with Gasteiger partial charge in [0.15, 0.2) is 0 Å². The second-order valence-electron chi connectivity index (χ2n) is 9.05. The number of carbonyl (C=O) groups is 3. The monoisotopic (exact) mass is 563 g/mol. The lowest BCUT2D eigenvalue weighted by Crippen LogP contribution is -2.41. The summed E-state index contributed by atoms with van der Waals surface area (Å²) >= 11 is 6.09. The molecule has 0 spiro atoms. The molecule has 1 heterocycles. The zero-order valence-electron chi connectivity index (χ0n) is 22.1. The maximum absolute atomic E-state index is 13.3. The third-order valence-electron chi connectivity index (χ3n) is 6.29. The van der Waals surface area contributed by atoms with Gasteiger partial charge in [-0.3, -0.25) is 14.4 Å². The Hall–Kier alpha value is -4.18. The molecular weight excluding hydrogens is 534 g/mol. The van der Waals surface area contributed by atoms with Crippen LogP contribution in [0.4, 0.5) is 0 Å². The van der Waals surface area contributed by atoms with Gasteiger partial charge in [0, 0.05) is 29.4 Å². The molecule has 9 nitrogen and oxygen atoms in total. The number of esters is 1. The van der Waals surface area contributed by atoms with Crippen molar-refractivity contribution in [2.24, 2.45) is 0 Å². The van der Waals surface area contributed by atoms with E-state index in [4.69, 9.17) is 25.9 Å². The smallest absolute Gasteiger partial charge is 0.332 e. The van der Waals surface area contributed by atoms with Gasteiger partial charge in [0.25, 0.3) is 11.8 Å². The Balaban J connectivity index is 1.50. The van der Waals surface area contributed by atoms with Crippen LogP contribution in [0.3, 0.4) is 0 Å². The minimum atomic E-state index is -1.12. The van der Waals surface area contributed by atoms with Gasteiger partial charge >= 0.3 is 5.97 Å². The topological polar surface area (TPSA) is 110 Å². The highest BCUT2D eigenvalue weighted by Gasteiger charge is 2.30. The fourth-order valence-electron chi connectivity index (χ4n) is 4.12. The Kier molecular flexibility index (Phi) is 9.91. The fraction of sp³-hybridized carbons (Fsp3) is 0.233. The van der Waals surface area contributed by atoms with Crippen molar-refractivity contribution < 1.29 is 28.7 Å². The van der Waals surface area contributed by atoms with E-state index >= 15 is 0 Å². The number of carbonyl (C=O) groups excluding carboxylic acids is 3. The number of halogens is 1.